The number of hydrogen-bond donors (Lipinski definition) is 1. The van der Waals surface area contributed by atoms with Gasteiger partial charge in [0.2, 0.25) is 0 Å². The maximum absolute atomic E-state index is 13.8. The van der Waals surface area contributed by atoms with Crippen molar-refractivity contribution in [2.45, 2.75) is 73.4 Å². The first kappa shape index (κ1) is 33.4. The van der Waals surface area contributed by atoms with E-state index in [9.17, 15) is 23.5 Å². The van der Waals surface area contributed by atoms with Gasteiger partial charge in [-0.1, -0.05) is 38.5 Å². The molecule has 0 aliphatic heterocycles. The summed E-state index contributed by atoms with van der Waals surface area (Å²) in [6.45, 7) is 10.6. The number of carbonyl (C=O) groups is 2. The molecule has 0 amide bonds. The van der Waals surface area contributed by atoms with Gasteiger partial charge in [0.15, 0.2) is 11.6 Å². The maximum Gasteiger partial charge on any atom is 0.193 e. The highest BCUT2D eigenvalue weighted by Gasteiger charge is 2.18. The molecule has 0 aliphatic rings. The number of alkyl halides is 1. The number of phenols is 1. The van der Waals surface area contributed by atoms with E-state index in [1.165, 1.54) is 56.2 Å². The predicted octanol–water partition coefficient (Wildman–Crippen LogP) is 8.66. The number of carbonyl (C=O) groups excluding carboxylic acids is 2. The molecule has 0 aromatic heterocycles. The summed E-state index contributed by atoms with van der Waals surface area (Å²) >= 11 is 0. The number of ether oxygens (including phenoxy) is 1. The van der Waals surface area contributed by atoms with Crippen molar-refractivity contribution in [3.8, 4) is 11.5 Å². The molecular formula is C35H42F2O4. The van der Waals surface area contributed by atoms with Crippen molar-refractivity contribution in [1.29, 1.82) is 0 Å². The number of benzene rings is 3. The molecule has 0 saturated heterocycles. The zero-order valence-corrected chi connectivity index (χ0v) is 25.0. The first-order valence-electron chi connectivity index (χ1n) is 14.1. The Morgan fingerprint density at radius 1 is 0.951 bits per heavy atom. The van der Waals surface area contributed by atoms with E-state index >= 15 is 0 Å². The molecule has 3 aromatic carbocycles. The Balaban J connectivity index is 0.00000138. The SMILES string of the molecule is CC(C)F.CCCc1ccc(OCC(C)=O)cc1CCC(C)C=C(C(=O)c1ccc(O)cc1)c1ccc(F)cc1C. The number of hydrogen-bond acceptors (Lipinski definition) is 4. The van der Waals surface area contributed by atoms with Crippen LogP contribution in [0.1, 0.15) is 80.1 Å². The molecule has 41 heavy (non-hydrogen) atoms. The molecule has 3 rings (SSSR count). The normalized spacial score (nSPS) is 12.0. The molecule has 3 aromatic rings. The molecule has 0 spiro atoms. The summed E-state index contributed by atoms with van der Waals surface area (Å²) in [6, 6.07) is 16.6. The van der Waals surface area contributed by atoms with Gasteiger partial charge in [-0.05, 0) is 124 Å². The van der Waals surface area contributed by atoms with Crippen LogP contribution >= 0.6 is 0 Å². The van der Waals surface area contributed by atoms with Crippen LogP contribution in [0.4, 0.5) is 8.78 Å². The minimum absolute atomic E-state index is 0.0279. The van der Waals surface area contributed by atoms with Gasteiger partial charge in [0.25, 0.3) is 0 Å². The molecule has 0 aliphatic carbocycles. The number of aromatic hydroxyl groups is 1. The molecule has 6 heteroatoms. The summed E-state index contributed by atoms with van der Waals surface area (Å²) in [6.07, 6.45) is 4.84. The van der Waals surface area contributed by atoms with Gasteiger partial charge in [0.1, 0.15) is 23.9 Å². The second-order valence-corrected chi connectivity index (χ2v) is 10.6. The molecule has 220 valence electrons. The second-order valence-electron chi connectivity index (χ2n) is 10.6. The van der Waals surface area contributed by atoms with E-state index in [1.807, 2.05) is 18.2 Å². The van der Waals surface area contributed by atoms with Crippen LogP contribution in [-0.2, 0) is 17.6 Å². The quantitative estimate of drug-likeness (QED) is 0.177. The Bertz CT molecular complexity index is 1320. The van der Waals surface area contributed by atoms with Crippen LogP contribution < -0.4 is 4.74 Å². The van der Waals surface area contributed by atoms with Crippen molar-refractivity contribution in [2.75, 3.05) is 6.61 Å². The lowest BCUT2D eigenvalue weighted by Gasteiger charge is -2.16. The van der Waals surface area contributed by atoms with Crippen LogP contribution in [0.3, 0.4) is 0 Å². The van der Waals surface area contributed by atoms with E-state index in [4.69, 9.17) is 4.74 Å². The van der Waals surface area contributed by atoms with E-state index in [0.29, 0.717) is 28.0 Å². The Labute approximate surface area is 243 Å². The Morgan fingerprint density at radius 3 is 2.20 bits per heavy atom. The zero-order chi connectivity index (χ0) is 30.5. The van der Waals surface area contributed by atoms with E-state index in [-0.39, 0.29) is 35.7 Å². The summed E-state index contributed by atoms with van der Waals surface area (Å²) < 4.78 is 30.4. The summed E-state index contributed by atoms with van der Waals surface area (Å²) in [4.78, 5) is 24.9. The van der Waals surface area contributed by atoms with Gasteiger partial charge in [-0.3, -0.25) is 9.59 Å². The van der Waals surface area contributed by atoms with E-state index in [0.717, 1.165) is 25.7 Å². The van der Waals surface area contributed by atoms with Crippen LogP contribution in [-0.4, -0.2) is 29.5 Å². The first-order valence-corrected chi connectivity index (χ1v) is 14.1. The van der Waals surface area contributed by atoms with Crippen LogP contribution in [0, 0.1) is 18.7 Å². The molecule has 0 radical (unpaired) electrons. The minimum Gasteiger partial charge on any atom is -0.508 e. The number of Topliss-reactive ketones (excluding diaryl/α,β-unsaturated/α-hetero) is 2. The first-order chi connectivity index (χ1) is 19.4. The lowest BCUT2D eigenvalue weighted by Crippen LogP contribution is -2.08. The van der Waals surface area contributed by atoms with Gasteiger partial charge in [-0.2, -0.15) is 0 Å². The third-order valence-electron chi connectivity index (χ3n) is 6.31. The number of allylic oxidation sites excluding steroid dienone is 2. The third kappa shape index (κ3) is 11.3. The van der Waals surface area contributed by atoms with Crippen LogP contribution in [0.5, 0.6) is 11.5 Å². The molecule has 4 nitrogen and oxygen atoms in total. The van der Waals surface area contributed by atoms with Gasteiger partial charge >= 0.3 is 0 Å². The van der Waals surface area contributed by atoms with Crippen molar-refractivity contribution >= 4 is 17.1 Å². The molecule has 1 unspecified atom stereocenters. The highest BCUT2D eigenvalue weighted by molar-refractivity contribution is 6.29. The molecular weight excluding hydrogens is 522 g/mol. The van der Waals surface area contributed by atoms with Crippen molar-refractivity contribution in [1.82, 2.24) is 0 Å². The lowest BCUT2D eigenvalue weighted by atomic mass is 9.89. The zero-order valence-electron chi connectivity index (χ0n) is 25.0. The minimum atomic E-state index is -0.667. The summed E-state index contributed by atoms with van der Waals surface area (Å²) in [7, 11) is 0. The van der Waals surface area contributed by atoms with E-state index in [2.05, 4.69) is 19.9 Å². The topological polar surface area (TPSA) is 63.6 Å². The Hall–Kier alpha value is -3.80. The van der Waals surface area contributed by atoms with Gasteiger partial charge in [-0.15, -0.1) is 0 Å². The van der Waals surface area contributed by atoms with Gasteiger partial charge < -0.3 is 9.84 Å². The van der Waals surface area contributed by atoms with Crippen molar-refractivity contribution in [3.05, 3.63) is 100 Å². The van der Waals surface area contributed by atoms with Crippen LogP contribution in [0.15, 0.2) is 66.7 Å². The lowest BCUT2D eigenvalue weighted by molar-refractivity contribution is -0.118. The highest BCUT2D eigenvalue weighted by Crippen LogP contribution is 2.28. The van der Waals surface area contributed by atoms with Crippen molar-refractivity contribution in [3.63, 3.8) is 0 Å². The molecule has 0 saturated carbocycles. The van der Waals surface area contributed by atoms with Gasteiger partial charge in [0.05, 0.1) is 6.17 Å². The highest BCUT2D eigenvalue weighted by atomic mass is 19.1. The smallest absolute Gasteiger partial charge is 0.193 e. The molecule has 0 bridgehead atoms. The van der Waals surface area contributed by atoms with E-state index in [1.54, 1.807) is 25.1 Å². The maximum atomic E-state index is 13.8. The Morgan fingerprint density at radius 2 is 1.61 bits per heavy atom. The van der Waals surface area contributed by atoms with Gasteiger partial charge in [-0.25, -0.2) is 8.78 Å². The summed E-state index contributed by atoms with van der Waals surface area (Å²) in [5.74, 6) is 0.273. The van der Waals surface area contributed by atoms with Crippen molar-refractivity contribution < 1.29 is 28.2 Å². The van der Waals surface area contributed by atoms with Gasteiger partial charge in [0, 0.05) is 11.1 Å². The monoisotopic (exact) mass is 564 g/mol. The molecule has 0 heterocycles. The van der Waals surface area contributed by atoms with Crippen molar-refractivity contribution in [2.24, 2.45) is 5.92 Å². The predicted molar refractivity (Wildman–Crippen MR) is 162 cm³/mol. The number of rotatable bonds is 12. The fourth-order valence-corrected chi connectivity index (χ4v) is 4.36. The third-order valence-corrected chi connectivity index (χ3v) is 6.31. The number of phenolic OH excluding ortho intramolecular Hbond substituents is 1. The van der Waals surface area contributed by atoms with Crippen LogP contribution in [0.25, 0.3) is 5.57 Å². The van der Waals surface area contributed by atoms with E-state index < -0.39 is 6.17 Å². The number of ketones is 2. The average Bonchev–Trinajstić information content (AvgIpc) is 2.90. The summed E-state index contributed by atoms with van der Waals surface area (Å²) in [5, 5.41) is 9.64. The molecule has 1 N–H and O–H groups in total. The standard InChI is InChI=1S/C32H35FO4.C3H7F/c1-5-6-24-11-15-29(37-20-23(4)34)19-26(24)8-7-21(2)17-31(30-16-12-27(33)18-22(30)3)32(36)25-9-13-28(35)14-10-25;1-3(2)4/h9-19,21,35H,5-8,20H2,1-4H3;3H,1-2H3. The number of aryl methyl sites for hydroxylation is 3. The molecule has 1 atom stereocenters. The number of halogens is 2. The fraction of sp³-hybridized carbons (Fsp3) is 0.371. The largest absolute Gasteiger partial charge is 0.508 e. The molecule has 0 fully saturated rings. The van der Waals surface area contributed by atoms with Crippen LogP contribution in [0.2, 0.25) is 0 Å². The average molecular weight is 565 g/mol. The second kappa shape index (κ2) is 16.5. The summed E-state index contributed by atoms with van der Waals surface area (Å²) in [5.41, 5.74) is 4.78. The fourth-order valence-electron chi connectivity index (χ4n) is 4.36. The Kier molecular flexibility index (Phi) is 13.4.